The van der Waals surface area contributed by atoms with Crippen molar-refractivity contribution in [2.75, 3.05) is 36.4 Å². The average Bonchev–Trinajstić information content (AvgIpc) is 2.69. The highest BCUT2D eigenvalue weighted by atomic mass is 16.1. The lowest BCUT2D eigenvalue weighted by atomic mass is 9.82. The van der Waals surface area contributed by atoms with E-state index in [0.29, 0.717) is 5.82 Å². The first-order chi connectivity index (χ1) is 12.3. The highest BCUT2D eigenvalue weighted by molar-refractivity contribution is 5.95. The number of nitrogens with zero attached hydrogens (tertiary/aromatic N) is 2. The molecule has 0 spiro atoms. The summed E-state index contributed by atoms with van der Waals surface area (Å²) >= 11 is 0. The molecule has 0 saturated carbocycles. The first-order valence-corrected chi connectivity index (χ1v) is 9.11. The Labute approximate surface area is 148 Å². The number of carbonyl (C=O) groups excluding carboxylic acids is 1. The number of amides is 1. The number of benzene rings is 1. The quantitative estimate of drug-likeness (QED) is 0.904. The van der Waals surface area contributed by atoms with Gasteiger partial charge in [-0.2, -0.15) is 0 Å². The van der Waals surface area contributed by atoms with E-state index >= 15 is 0 Å². The van der Waals surface area contributed by atoms with E-state index in [-0.39, 0.29) is 11.8 Å². The molecular formula is C20H24N4O. The maximum Gasteiger partial charge on any atom is 0.233 e. The molecule has 5 nitrogen and oxygen atoms in total. The lowest BCUT2D eigenvalue weighted by Gasteiger charge is -2.29. The lowest BCUT2D eigenvalue weighted by Crippen LogP contribution is -2.43. The van der Waals surface area contributed by atoms with Crippen LogP contribution in [-0.4, -0.2) is 37.1 Å². The monoisotopic (exact) mass is 336 g/mol. The van der Waals surface area contributed by atoms with Crippen LogP contribution in [0, 0.1) is 0 Å². The predicted octanol–water partition coefficient (Wildman–Crippen LogP) is 2.55. The van der Waals surface area contributed by atoms with Gasteiger partial charge in [0, 0.05) is 26.2 Å². The Morgan fingerprint density at radius 2 is 2.00 bits per heavy atom. The molecule has 130 valence electrons. The summed E-state index contributed by atoms with van der Waals surface area (Å²) in [5, 5.41) is 6.35. The van der Waals surface area contributed by atoms with Crippen LogP contribution in [0.4, 0.5) is 11.5 Å². The number of fused-ring (bicyclic) bond motifs is 1. The summed E-state index contributed by atoms with van der Waals surface area (Å²) in [5.41, 5.74) is 3.59. The van der Waals surface area contributed by atoms with Crippen molar-refractivity contribution in [1.29, 1.82) is 0 Å². The van der Waals surface area contributed by atoms with Crippen molar-refractivity contribution in [3.8, 4) is 0 Å². The SMILES string of the molecule is O=C(Nc1ccc(N2CCNCC2)cn1)C1CCCc2ccccc21. The van der Waals surface area contributed by atoms with Crippen LogP contribution in [0.1, 0.15) is 29.9 Å². The highest BCUT2D eigenvalue weighted by Gasteiger charge is 2.26. The summed E-state index contributed by atoms with van der Waals surface area (Å²) < 4.78 is 0. The second kappa shape index (κ2) is 7.23. The molecule has 1 fully saturated rings. The van der Waals surface area contributed by atoms with Gasteiger partial charge in [-0.15, -0.1) is 0 Å². The van der Waals surface area contributed by atoms with Gasteiger partial charge in [-0.3, -0.25) is 4.79 Å². The predicted molar refractivity (Wildman–Crippen MR) is 100 cm³/mol. The summed E-state index contributed by atoms with van der Waals surface area (Å²) in [7, 11) is 0. The van der Waals surface area contributed by atoms with Crippen molar-refractivity contribution in [1.82, 2.24) is 10.3 Å². The number of rotatable bonds is 3. The van der Waals surface area contributed by atoms with Crippen LogP contribution in [0.15, 0.2) is 42.6 Å². The largest absolute Gasteiger partial charge is 0.368 e. The fourth-order valence-electron chi connectivity index (χ4n) is 3.81. The third-order valence-electron chi connectivity index (χ3n) is 5.17. The number of nitrogens with one attached hydrogen (secondary N) is 2. The van der Waals surface area contributed by atoms with Gasteiger partial charge in [-0.25, -0.2) is 4.98 Å². The van der Waals surface area contributed by atoms with Gasteiger partial charge in [0.15, 0.2) is 0 Å². The fourth-order valence-corrected chi connectivity index (χ4v) is 3.81. The summed E-state index contributed by atoms with van der Waals surface area (Å²) in [6, 6.07) is 12.2. The first-order valence-electron chi connectivity index (χ1n) is 9.11. The molecule has 1 amide bonds. The third-order valence-corrected chi connectivity index (χ3v) is 5.17. The molecule has 2 heterocycles. The van der Waals surface area contributed by atoms with E-state index in [0.717, 1.165) is 51.1 Å². The number of pyridine rings is 1. The van der Waals surface area contributed by atoms with Crippen LogP contribution in [0.2, 0.25) is 0 Å². The van der Waals surface area contributed by atoms with E-state index in [1.165, 1.54) is 11.1 Å². The summed E-state index contributed by atoms with van der Waals surface area (Å²) in [5.74, 6) is 0.612. The van der Waals surface area contributed by atoms with Crippen molar-refractivity contribution in [3.63, 3.8) is 0 Å². The molecule has 1 aliphatic heterocycles. The van der Waals surface area contributed by atoms with E-state index in [4.69, 9.17) is 0 Å². The van der Waals surface area contributed by atoms with Gasteiger partial charge in [-0.05, 0) is 42.5 Å². The molecule has 1 atom stereocenters. The normalized spacial score (nSPS) is 20.0. The van der Waals surface area contributed by atoms with Gasteiger partial charge in [-0.1, -0.05) is 24.3 Å². The second-order valence-electron chi connectivity index (χ2n) is 6.77. The zero-order valence-electron chi connectivity index (χ0n) is 14.4. The molecule has 2 N–H and O–H groups in total. The summed E-state index contributed by atoms with van der Waals surface area (Å²) in [4.78, 5) is 19.5. The van der Waals surface area contributed by atoms with Crippen molar-refractivity contribution in [2.45, 2.75) is 25.2 Å². The third kappa shape index (κ3) is 3.51. The van der Waals surface area contributed by atoms with Gasteiger partial charge in [0.1, 0.15) is 5.82 Å². The molecule has 5 heteroatoms. The Morgan fingerprint density at radius 1 is 1.16 bits per heavy atom. The van der Waals surface area contributed by atoms with E-state index in [9.17, 15) is 4.79 Å². The maximum atomic E-state index is 12.7. The van der Waals surface area contributed by atoms with Crippen LogP contribution in [0.5, 0.6) is 0 Å². The number of hydrogen-bond acceptors (Lipinski definition) is 4. The van der Waals surface area contributed by atoms with Gasteiger partial charge in [0.05, 0.1) is 17.8 Å². The van der Waals surface area contributed by atoms with Crippen LogP contribution in [-0.2, 0) is 11.2 Å². The fraction of sp³-hybridized carbons (Fsp3) is 0.400. The van der Waals surface area contributed by atoms with Crippen LogP contribution < -0.4 is 15.5 Å². The minimum absolute atomic E-state index is 0.0505. The smallest absolute Gasteiger partial charge is 0.233 e. The summed E-state index contributed by atoms with van der Waals surface area (Å²) in [6.45, 7) is 3.98. The molecule has 1 aliphatic carbocycles. The molecule has 1 saturated heterocycles. The number of aromatic nitrogens is 1. The molecular weight excluding hydrogens is 312 g/mol. The van der Waals surface area contributed by atoms with Gasteiger partial charge < -0.3 is 15.5 Å². The summed E-state index contributed by atoms with van der Waals surface area (Å²) in [6.07, 6.45) is 4.89. The number of aryl methyl sites for hydroxylation is 1. The van der Waals surface area contributed by atoms with E-state index in [2.05, 4.69) is 38.7 Å². The molecule has 2 aliphatic rings. The first kappa shape index (κ1) is 16.1. The number of hydrogen-bond donors (Lipinski definition) is 2. The molecule has 1 unspecified atom stereocenters. The Balaban J connectivity index is 1.44. The Hall–Kier alpha value is -2.40. The van der Waals surface area contributed by atoms with Crippen molar-refractivity contribution in [3.05, 3.63) is 53.7 Å². The Morgan fingerprint density at radius 3 is 2.80 bits per heavy atom. The molecule has 1 aromatic carbocycles. The van der Waals surface area contributed by atoms with E-state index in [1.54, 1.807) is 0 Å². The minimum Gasteiger partial charge on any atom is -0.368 e. The Kier molecular flexibility index (Phi) is 4.65. The number of anilines is 2. The zero-order chi connectivity index (χ0) is 17.1. The van der Waals surface area contributed by atoms with Gasteiger partial charge in [0.25, 0.3) is 0 Å². The van der Waals surface area contributed by atoms with Crippen molar-refractivity contribution < 1.29 is 4.79 Å². The molecule has 4 rings (SSSR count). The topological polar surface area (TPSA) is 57.3 Å². The van der Waals surface area contributed by atoms with Crippen molar-refractivity contribution in [2.24, 2.45) is 0 Å². The number of piperazine rings is 1. The van der Waals surface area contributed by atoms with Crippen LogP contribution >= 0.6 is 0 Å². The molecule has 1 aromatic heterocycles. The van der Waals surface area contributed by atoms with E-state index in [1.807, 2.05) is 24.4 Å². The molecule has 0 radical (unpaired) electrons. The Bertz CT molecular complexity index is 738. The average molecular weight is 336 g/mol. The zero-order valence-corrected chi connectivity index (χ0v) is 14.4. The molecule has 0 bridgehead atoms. The van der Waals surface area contributed by atoms with Crippen LogP contribution in [0.25, 0.3) is 0 Å². The molecule has 2 aromatic rings. The number of carbonyl (C=O) groups is 1. The second-order valence-corrected chi connectivity index (χ2v) is 6.77. The molecule has 25 heavy (non-hydrogen) atoms. The maximum absolute atomic E-state index is 12.7. The standard InChI is InChI=1S/C20H24N4O/c25-20(18-7-3-5-15-4-1-2-6-17(15)18)23-19-9-8-16(14-22-19)24-12-10-21-11-13-24/h1-2,4,6,8-9,14,18,21H,3,5,7,10-13H2,(H,22,23,25). The minimum atomic E-state index is -0.0698. The lowest BCUT2D eigenvalue weighted by molar-refractivity contribution is -0.117. The van der Waals surface area contributed by atoms with Crippen molar-refractivity contribution >= 4 is 17.4 Å². The van der Waals surface area contributed by atoms with Gasteiger partial charge in [0.2, 0.25) is 5.91 Å². The van der Waals surface area contributed by atoms with Crippen LogP contribution in [0.3, 0.4) is 0 Å². The van der Waals surface area contributed by atoms with E-state index < -0.39 is 0 Å². The van der Waals surface area contributed by atoms with Gasteiger partial charge >= 0.3 is 0 Å². The highest BCUT2D eigenvalue weighted by Crippen LogP contribution is 2.32.